The lowest BCUT2D eigenvalue weighted by Crippen LogP contribution is -2.37. The SMILES string of the molecule is CCc1ccc(CCCCN(CCOCC(F)(F)F)CCC(Nc2cc(-c3ccccc3)ncn2)C(=O)O)nc1NC. The van der Waals surface area contributed by atoms with Gasteiger partial charge in [0.05, 0.1) is 12.3 Å². The van der Waals surface area contributed by atoms with Crippen molar-refractivity contribution >= 4 is 17.6 Å². The first-order chi connectivity index (χ1) is 20.2. The van der Waals surface area contributed by atoms with Crippen molar-refractivity contribution in [2.24, 2.45) is 0 Å². The highest BCUT2D eigenvalue weighted by Gasteiger charge is 2.27. The van der Waals surface area contributed by atoms with Crippen LogP contribution >= 0.6 is 0 Å². The molecule has 0 saturated heterocycles. The molecule has 1 unspecified atom stereocenters. The predicted molar refractivity (Wildman–Crippen MR) is 157 cm³/mol. The minimum atomic E-state index is -4.40. The van der Waals surface area contributed by atoms with Gasteiger partial charge in [-0.25, -0.2) is 19.7 Å². The van der Waals surface area contributed by atoms with Crippen molar-refractivity contribution in [1.29, 1.82) is 0 Å². The van der Waals surface area contributed by atoms with Crippen LogP contribution in [0.2, 0.25) is 0 Å². The lowest BCUT2D eigenvalue weighted by atomic mass is 10.1. The molecule has 3 N–H and O–H groups in total. The summed E-state index contributed by atoms with van der Waals surface area (Å²) in [5.41, 5.74) is 3.64. The zero-order valence-corrected chi connectivity index (χ0v) is 24.0. The number of nitrogens with zero attached hydrogens (tertiary/aromatic N) is 4. The molecule has 3 aromatic rings. The van der Waals surface area contributed by atoms with Crippen molar-refractivity contribution in [1.82, 2.24) is 19.9 Å². The second kappa shape index (κ2) is 16.6. The van der Waals surface area contributed by atoms with Gasteiger partial charge in [-0.2, -0.15) is 13.2 Å². The van der Waals surface area contributed by atoms with E-state index in [2.05, 4.69) is 38.6 Å². The number of anilines is 2. The summed E-state index contributed by atoms with van der Waals surface area (Å²) in [6.07, 6.45) is 0.420. The van der Waals surface area contributed by atoms with Crippen LogP contribution in [0.4, 0.5) is 24.8 Å². The fourth-order valence-electron chi connectivity index (χ4n) is 4.48. The summed E-state index contributed by atoms with van der Waals surface area (Å²) in [4.78, 5) is 27.1. The smallest absolute Gasteiger partial charge is 0.411 e. The van der Waals surface area contributed by atoms with E-state index in [1.165, 1.54) is 6.33 Å². The molecule has 0 bridgehead atoms. The van der Waals surface area contributed by atoms with Crippen LogP contribution in [0.1, 0.15) is 37.4 Å². The Balaban J connectivity index is 1.58. The predicted octanol–water partition coefficient (Wildman–Crippen LogP) is 5.30. The minimum Gasteiger partial charge on any atom is -0.480 e. The van der Waals surface area contributed by atoms with E-state index in [-0.39, 0.29) is 19.6 Å². The zero-order valence-electron chi connectivity index (χ0n) is 24.0. The number of hydrogen-bond donors (Lipinski definition) is 3. The number of halogens is 3. The van der Waals surface area contributed by atoms with Crippen LogP contribution in [0.25, 0.3) is 11.3 Å². The van der Waals surface area contributed by atoms with Crippen LogP contribution in [-0.2, 0) is 22.4 Å². The van der Waals surface area contributed by atoms with Crippen molar-refractivity contribution in [3.8, 4) is 11.3 Å². The van der Waals surface area contributed by atoms with Gasteiger partial charge in [-0.15, -0.1) is 0 Å². The molecule has 0 spiro atoms. The largest absolute Gasteiger partial charge is 0.480 e. The molecule has 2 heterocycles. The number of carboxylic acid groups (broad SMARTS) is 1. The molecule has 3 rings (SSSR count). The van der Waals surface area contributed by atoms with E-state index in [4.69, 9.17) is 4.74 Å². The second-order valence-electron chi connectivity index (χ2n) is 9.86. The lowest BCUT2D eigenvalue weighted by molar-refractivity contribution is -0.174. The third-order valence-corrected chi connectivity index (χ3v) is 6.72. The maximum atomic E-state index is 12.5. The van der Waals surface area contributed by atoms with Crippen molar-refractivity contribution < 1.29 is 27.8 Å². The summed E-state index contributed by atoms with van der Waals surface area (Å²) in [6, 6.07) is 14.3. The highest BCUT2D eigenvalue weighted by molar-refractivity contribution is 5.77. The van der Waals surface area contributed by atoms with E-state index in [1.54, 1.807) is 6.07 Å². The normalized spacial score (nSPS) is 12.3. The molecule has 0 fully saturated rings. The molecule has 0 aliphatic rings. The zero-order chi connectivity index (χ0) is 30.4. The Morgan fingerprint density at radius 2 is 1.86 bits per heavy atom. The number of hydrogen-bond acceptors (Lipinski definition) is 8. The maximum absolute atomic E-state index is 12.5. The van der Waals surface area contributed by atoms with Gasteiger partial charge in [0.1, 0.15) is 30.6 Å². The summed E-state index contributed by atoms with van der Waals surface area (Å²) < 4.78 is 42.5. The molecule has 42 heavy (non-hydrogen) atoms. The van der Waals surface area contributed by atoms with Gasteiger partial charge in [-0.05, 0) is 50.3 Å². The highest BCUT2D eigenvalue weighted by Crippen LogP contribution is 2.20. The van der Waals surface area contributed by atoms with Gasteiger partial charge in [-0.1, -0.05) is 43.3 Å². The third-order valence-electron chi connectivity index (χ3n) is 6.72. The van der Waals surface area contributed by atoms with Crippen LogP contribution in [0.15, 0.2) is 54.9 Å². The van der Waals surface area contributed by atoms with E-state index in [1.807, 2.05) is 48.3 Å². The molecule has 0 radical (unpaired) electrons. The first-order valence-corrected chi connectivity index (χ1v) is 14.1. The Kier molecular flexibility index (Phi) is 13.0. The van der Waals surface area contributed by atoms with Gasteiger partial charge in [0, 0.05) is 37.5 Å². The average molecular weight is 589 g/mol. The standard InChI is InChI=1S/C30H39F3N6O3/c1-3-22-12-13-24(37-28(22)34-2)11-7-8-15-39(17-18-42-20-30(31,32)33)16-14-25(29(40)41)38-27-19-26(35-21-36-27)23-9-5-4-6-10-23/h4-6,9-10,12-13,19,21,25H,3,7-8,11,14-18,20H2,1-2H3,(H,34,37)(H,40,41)(H,35,36,38). The van der Waals surface area contributed by atoms with Gasteiger partial charge < -0.3 is 25.4 Å². The molecular weight excluding hydrogens is 549 g/mol. The summed E-state index contributed by atoms with van der Waals surface area (Å²) in [5, 5.41) is 16.0. The number of pyridine rings is 1. The number of benzene rings is 1. The lowest BCUT2D eigenvalue weighted by Gasteiger charge is -2.24. The van der Waals surface area contributed by atoms with Crippen LogP contribution in [0, 0.1) is 0 Å². The summed E-state index contributed by atoms with van der Waals surface area (Å²) in [6.45, 7) is 1.84. The Hall–Kier alpha value is -3.77. The number of aryl methyl sites for hydroxylation is 2. The summed E-state index contributed by atoms with van der Waals surface area (Å²) in [7, 11) is 1.84. The molecular formula is C30H39F3N6O3. The van der Waals surface area contributed by atoms with E-state index in [0.29, 0.717) is 24.6 Å². The first kappa shape index (κ1) is 32.7. The number of unbranched alkanes of at least 4 members (excludes halogenated alkanes) is 1. The van der Waals surface area contributed by atoms with Gasteiger partial charge in [0.15, 0.2) is 0 Å². The maximum Gasteiger partial charge on any atom is 0.411 e. The van der Waals surface area contributed by atoms with Gasteiger partial charge >= 0.3 is 12.1 Å². The Morgan fingerprint density at radius 1 is 1.07 bits per heavy atom. The van der Waals surface area contributed by atoms with E-state index < -0.39 is 24.8 Å². The Labute approximate surface area is 244 Å². The molecule has 9 nitrogen and oxygen atoms in total. The number of alkyl halides is 3. The topological polar surface area (TPSA) is 112 Å². The fourth-order valence-corrected chi connectivity index (χ4v) is 4.48. The quantitative estimate of drug-likeness (QED) is 0.170. The Bertz CT molecular complexity index is 1250. The van der Waals surface area contributed by atoms with E-state index in [0.717, 1.165) is 48.3 Å². The minimum absolute atomic E-state index is 0.109. The van der Waals surface area contributed by atoms with Crippen LogP contribution < -0.4 is 10.6 Å². The number of nitrogens with one attached hydrogen (secondary N) is 2. The fraction of sp³-hybridized carbons (Fsp3) is 0.467. The molecule has 0 aliphatic heterocycles. The summed E-state index contributed by atoms with van der Waals surface area (Å²) >= 11 is 0. The van der Waals surface area contributed by atoms with Gasteiger partial charge in [0.2, 0.25) is 0 Å². The van der Waals surface area contributed by atoms with Crippen molar-refractivity contribution in [2.75, 3.05) is 50.5 Å². The van der Waals surface area contributed by atoms with Crippen LogP contribution in [0.5, 0.6) is 0 Å². The molecule has 12 heteroatoms. The molecule has 1 aromatic carbocycles. The van der Waals surface area contributed by atoms with Crippen molar-refractivity contribution in [3.63, 3.8) is 0 Å². The molecule has 1 atom stereocenters. The Morgan fingerprint density at radius 3 is 2.55 bits per heavy atom. The number of aromatic nitrogens is 3. The number of rotatable bonds is 18. The van der Waals surface area contributed by atoms with E-state index in [9.17, 15) is 23.1 Å². The number of carboxylic acids is 1. The van der Waals surface area contributed by atoms with Crippen molar-refractivity contribution in [2.45, 2.75) is 51.2 Å². The molecule has 0 amide bonds. The number of carbonyl (C=O) groups is 1. The molecule has 0 saturated carbocycles. The van der Waals surface area contributed by atoms with Gasteiger partial charge in [-0.3, -0.25) is 0 Å². The second-order valence-corrected chi connectivity index (χ2v) is 9.86. The van der Waals surface area contributed by atoms with Crippen LogP contribution in [-0.4, -0.2) is 83.0 Å². The van der Waals surface area contributed by atoms with E-state index >= 15 is 0 Å². The average Bonchev–Trinajstić information content (AvgIpc) is 2.98. The summed E-state index contributed by atoms with van der Waals surface area (Å²) in [5.74, 6) is 0.189. The van der Waals surface area contributed by atoms with Crippen molar-refractivity contribution in [3.05, 3.63) is 66.1 Å². The highest BCUT2D eigenvalue weighted by atomic mass is 19.4. The van der Waals surface area contributed by atoms with Crippen LogP contribution in [0.3, 0.4) is 0 Å². The van der Waals surface area contributed by atoms with Gasteiger partial charge in [0.25, 0.3) is 0 Å². The molecule has 2 aromatic heterocycles. The third kappa shape index (κ3) is 11.2. The first-order valence-electron chi connectivity index (χ1n) is 14.1. The molecule has 228 valence electrons. The monoisotopic (exact) mass is 588 g/mol. The number of ether oxygens (including phenoxy) is 1. The number of aliphatic carboxylic acids is 1. The molecule has 0 aliphatic carbocycles.